The molecule has 0 aliphatic carbocycles. The second-order valence-electron chi connectivity index (χ2n) is 5.33. The number of carboxylic acid groups (broad SMARTS) is 1. The Bertz CT molecular complexity index is 786. The van der Waals surface area contributed by atoms with Gasteiger partial charge in [-0.05, 0) is 28.8 Å². The Morgan fingerprint density at radius 1 is 1.18 bits per heavy atom. The van der Waals surface area contributed by atoms with Crippen molar-refractivity contribution < 1.29 is 18.3 Å². The molecule has 118 valence electrons. The number of carboxylic acids is 1. The fourth-order valence-electron chi connectivity index (χ4n) is 2.22. The average molecular weight is 321 g/mol. The number of fused-ring (bicyclic) bond motifs is 1. The summed E-state index contributed by atoms with van der Waals surface area (Å²) in [7, 11) is -3.88. The number of aliphatic carboxylic acids is 1. The molecule has 0 spiro atoms. The molecule has 0 heterocycles. The summed E-state index contributed by atoms with van der Waals surface area (Å²) in [5.41, 5.74) is 0. The van der Waals surface area contributed by atoms with E-state index in [1.165, 1.54) is 6.07 Å². The molecule has 6 heteroatoms. The molecule has 0 fully saturated rings. The van der Waals surface area contributed by atoms with Crippen LogP contribution in [0.1, 0.15) is 20.3 Å². The molecule has 2 N–H and O–H groups in total. The second kappa shape index (κ2) is 6.46. The number of hydrogen-bond acceptors (Lipinski definition) is 3. The first-order valence-corrected chi connectivity index (χ1v) is 8.57. The van der Waals surface area contributed by atoms with Gasteiger partial charge in [-0.2, -0.15) is 4.72 Å². The van der Waals surface area contributed by atoms with Crippen LogP contribution in [0.3, 0.4) is 0 Å². The van der Waals surface area contributed by atoms with Crippen molar-refractivity contribution in [2.75, 3.05) is 0 Å². The quantitative estimate of drug-likeness (QED) is 0.856. The molecule has 5 nitrogen and oxygen atoms in total. The van der Waals surface area contributed by atoms with E-state index < -0.39 is 22.0 Å². The predicted octanol–water partition coefficient (Wildman–Crippen LogP) is 2.62. The summed E-state index contributed by atoms with van der Waals surface area (Å²) in [5, 5.41) is 11.0. The predicted molar refractivity (Wildman–Crippen MR) is 85.1 cm³/mol. The number of sulfonamides is 1. The summed E-state index contributed by atoms with van der Waals surface area (Å²) in [5.74, 6) is -1.47. The maximum atomic E-state index is 12.4. The first-order valence-electron chi connectivity index (χ1n) is 7.09. The summed E-state index contributed by atoms with van der Waals surface area (Å²) in [6, 6.07) is 11.0. The molecule has 0 aromatic heterocycles. The van der Waals surface area contributed by atoms with Crippen LogP contribution in [0.4, 0.5) is 0 Å². The fourth-order valence-corrected chi connectivity index (χ4v) is 3.55. The van der Waals surface area contributed by atoms with E-state index in [-0.39, 0.29) is 10.8 Å². The van der Waals surface area contributed by atoms with E-state index in [1.54, 1.807) is 19.1 Å². The zero-order chi connectivity index (χ0) is 16.3. The molecule has 2 atom stereocenters. The molecule has 0 bridgehead atoms. The van der Waals surface area contributed by atoms with Crippen LogP contribution >= 0.6 is 0 Å². The van der Waals surface area contributed by atoms with E-state index in [9.17, 15) is 18.3 Å². The smallest absolute Gasteiger partial charge is 0.322 e. The van der Waals surface area contributed by atoms with E-state index in [1.807, 2.05) is 31.2 Å². The molecule has 0 amide bonds. The number of benzene rings is 2. The molecular formula is C16H19NO4S. The normalized spacial score (nSPS) is 14.6. The summed E-state index contributed by atoms with van der Waals surface area (Å²) in [4.78, 5) is 11.4. The molecule has 22 heavy (non-hydrogen) atoms. The maximum Gasteiger partial charge on any atom is 0.322 e. The molecule has 2 aromatic rings. The zero-order valence-corrected chi connectivity index (χ0v) is 13.3. The first-order chi connectivity index (χ1) is 10.3. The summed E-state index contributed by atoms with van der Waals surface area (Å²) >= 11 is 0. The highest BCUT2D eigenvalue weighted by atomic mass is 32.2. The summed E-state index contributed by atoms with van der Waals surface area (Å²) in [6.07, 6.45) is 0.567. The van der Waals surface area contributed by atoms with Crippen molar-refractivity contribution >= 4 is 26.8 Å². The molecule has 0 unspecified atom stereocenters. The van der Waals surface area contributed by atoms with Crippen molar-refractivity contribution in [3.05, 3.63) is 42.5 Å². The van der Waals surface area contributed by atoms with Gasteiger partial charge in [-0.15, -0.1) is 0 Å². The fraction of sp³-hybridized carbons (Fsp3) is 0.312. The molecular weight excluding hydrogens is 302 g/mol. The third kappa shape index (κ3) is 3.45. The Hall–Kier alpha value is -1.92. The van der Waals surface area contributed by atoms with Crippen LogP contribution in [-0.4, -0.2) is 25.5 Å². The number of hydrogen-bond donors (Lipinski definition) is 2. The van der Waals surface area contributed by atoms with E-state index in [2.05, 4.69) is 4.72 Å². The second-order valence-corrected chi connectivity index (χ2v) is 7.05. The minimum Gasteiger partial charge on any atom is -0.480 e. The SMILES string of the molecule is CC[C@H](C)[C@H](NS(=O)(=O)c1ccc2ccccc2c1)C(=O)O. The Balaban J connectivity index is 2.37. The van der Waals surface area contributed by atoms with E-state index in [4.69, 9.17) is 0 Å². The topological polar surface area (TPSA) is 83.5 Å². The summed E-state index contributed by atoms with van der Waals surface area (Å²) < 4.78 is 27.2. The van der Waals surface area contributed by atoms with E-state index in [0.717, 1.165) is 10.8 Å². The molecule has 0 radical (unpaired) electrons. The van der Waals surface area contributed by atoms with Gasteiger partial charge in [0.05, 0.1) is 4.90 Å². The van der Waals surface area contributed by atoms with Crippen LogP contribution in [-0.2, 0) is 14.8 Å². The third-order valence-corrected chi connectivity index (χ3v) is 5.23. The number of nitrogens with one attached hydrogen (secondary N) is 1. The standard InChI is InChI=1S/C16H19NO4S/c1-3-11(2)15(16(18)19)17-22(20,21)14-9-8-12-6-4-5-7-13(12)10-14/h4-11,15,17H,3H2,1-2H3,(H,18,19)/t11-,15-/m0/s1. The zero-order valence-electron chi connectivity index (χ0n) is 12.5. The monoisotopic (exact) mass is 321 g/mol. The molecule has 0 aliphatic rings. The Morgan fingerprint density at radius 3 is 2.41 bits per heavy atom. The van der Waals surface area contributed by atoms with Gasteiger partial charge in [-0.1, -0.05) is 50.6 Å². The molecule has 2 aromatic carbocycles. The molecule has 0 saturated carbocycles. The maximum absolute atomic E-state index is 12.4. The lowest BCUT2D eigenvalue weighted by molar-refractivity contribution is -0.140. The van der Waals surface area contributed by atoms with Crippen LogP contribution in [0.15, 0.2) is 47.4 Å². The van der Waals surface area contributed by atoms with Gasteiger partial charge in [0, 0.05) is 0 Å². The minimum absolute atomic E-state index is 0.0701. The average Bonchev–Trinajstić information content (AvgIpc) is 2.51. The van der Waals surface area contributed by atoms with Gasteiger partial charge in [0.2, 0.25) is 10.0 Å². The van der Waals surface area contributed by atoms with Gasteiger partial charge >= 0.3 is 5.97 Å². The molecule has 0 saturated heterocycles. The van der Waals surface area contributed by atoms with Crippen LogP contribution in [0.25, 0.3) is 10.8 Å². The van der Waals surface area contributed by atoms with Crippen molar-refractivity contribution in [1.82, 2.24) is 4.72 Å². The lowest BCUT2D eigenvalue weighted by Crippen LogP contribution is -2.44. The Labute approximate surface area is 130 Å². The highest BCUT2D eigenvalue weighted by Gasteiger charge is 2.29. The van der Waals surface area contributed by atoms with Crippen molar-refractivity contribution in [2.24, 2.45) is 5.92 Å². The number of rotatable bonds is 6. The number of carbonyl (C=O) groups is 1. The van der Waals surface area contributed by atoms with Gasteiger partial charge in [0.25, 0.3) is 0 Å². The van der Waals surface area contributed by atoms with Crippen molar-refractivity contribution in [1.29, 1.82) is 0 Å². The highest BCUT2D eigenvalue weighted by Crippen LogP contribution is 2.20. The van der Waals surface area contributed by atoms with Crippen molar-refractivity contribution in [3.63, 3.8) is 0 Å². The van der Waals surface area contributed by atoms with Crippen molar-refractivity contribution in [2.45, 2.75) is 31.2 Å². The van der Waals surface area contributed by atoms with Crippen LogP contribution in [0.5, 0.6) is 0 Å². The molecule has 2 rings (SSSR count). The minimum atomic E-state index is -3.88. The Kier molecular flexibility index (Phi) is 4.83. The third-order valence-electron chi connectivity index (χ3n) is 3.79. The lowest BCUT2D eigenvalue weighted by Gasteiger charge is -2.20. The van der Waals surface area contributed by atoms with Crippen LogP contribution < -0.4 is 4.72 Å². The van der Waals surface area contributed by atoms with Gasteiger partial charge < -0.3 is 5.11 Å². The Morgan fingerprint density at radius 2 is 1.82 bits per heavy atom. The summed E-state index contributed by atoms with van der Waals surface area (Å²) in [6.45, 7) is 3.53. The van der Waals surface area contributed by atoms with Gasteiger partial charge in [-0.25, -0.2) is 8.42 Å². The van der Waals surface area contributed by atoms with E-state index >= 15 is 0 Å². The van der Waals surface area contributed by atoms with E-state index in [0.29, 0.717) is 6.42 Å². The first kappa shape index (κ1) is 16.5. The van der Waals surface area contributed by atoms with Gasteiger partial charge in [-0.3, -0.25) is 4.79 Å². The van der Waals surface area contributed by atoms with Crippen molar-refractivity contribution in [3.8, 4) is 0 Å². The lowest BCUT2D eigenvalue weighted by atomic mass is 10.0. The van der Waals surface area contributed by atoms with Crippen LogP contribution in [0, 0.1) is 5.92 Å². The highest BCUT2D eigenvalue weighted by molar-refractivity contribution is 7.89. The van der Waals surface area contributed by atoms with Crippen LogP contribution in [0.2, 0.25) is 0 Å². The van der Waals surface area contributed by atoms with Gasteiger partial charge in [0.15, 0.2) is 0 Å². The largest absolute Gasteiger partial charge is 0.480 e. The van der Waals surface area contributed by atoms with Gasteiger partial charge in [0.1, 0.15) is 6.04 Å². The molecule has 0 aliphatic heterocycles.